The molecule has 1 fully saturated rings. The minimum Gasteiger partial charge on any atom is -0.313 e. The van der Waals surface area contributed by atoms with Gasteiger partial charge in [-0.3, -0.25) is 4.90 Å². The van der Waals surface area contributed by atoms with E-state index in [0.29, 0.717) is 12.1 Å². The maximum Gasteiger partial charge on any atom is 0.123 e. The van der Waals surface area contributed by atoms with Gasteiger partial charge in [-0.15, -0.1) is 0 Å². The molecular formula is C18H29FN2. The molecule has 1 aliphatic carbocycles. The molecule has 0 heterocycles. The van der Waals surface area contributed by atoms with Gasteiger partial charge >= 0.3 is 0 Å². The zero-order valence-electron chi connectivity index (χ0n) is 13.4. The normalized spacial score (nSPS) is 23.8. The van der Waals surface area contributed by atoms with E-state index in [1.807, 2.05) is 12.1 Å². The lowest BCUT2D eigenvalue weighted by atomic mass is 9.91. The maximum absolute atomic E-state index is 13.0. The van der Waals surface area contributed by atoms with Gasteiger partial charge in [0, 0.05) is 18.6 Å². The fourth-order valence-corrected chi connectivity index (χ4v) is 3.49. The zero-order chi connectivity index (χ0) is 15.1. The summed E-state index contributed by atoms with van der Waals surface area (Å²) in [6.07, 6.45) is 7.91. The van der Waals surface area contributed by atoms with Crippen molar-refractivity contribution in [3.05, 3.63) is 35.6 Å². The summed E-state index contributed by atoms with van der Waals surface area (Å²) < 4.78 is 13.0. The second-order valence-electron chi connectivity index (χ2n) is 6.26. The van der Waals surface area contributed by atoms with Crippen molar-refractivity contribution in [3.63, 3.8) is 0 Å². The van der Waals surface area contributed by atoms with Gasteiger partial charge in [-0.1, -0.05) is 44.7 Å². The lowest BCUT2D eigenvalue weighted by Crippen LogP contribution is -2.48. The zero-order valence-corrected chi connectivity index (χ0v) is 13.4. The fourth-order valence-electron chi connectivity index (χ4n) is 3.49. The third kappa shape index (κ3) is 5.08. The Kier molecular flexibility index (Phi) is 6.65. The first-order valence-electron chi connectivity index (χ1n) is 8.38. The highest BCUT2D eigenvalue weighted by atomic mass is 19.1. The molecule has 1 aromatic carbocycles. The third-order valence-corrected chi connectivity index (χ3v) is 4.61. The predicted molar refractivity (Wildman–Crippen MR) is 86.8 cm³/mol. The number of benzene rings is 1. The van der Waals surface area contributed by atoms with E-state index in [9.17, 15) is 4.39 Å². The topological polar surface area (TPSA) is 15.3 Å². The molecule has 0 radical (unpaired) electrons. The van der Waals surface area contributed by atoms with Crippen LogP contribution in [0.3, 0.4) is 0 Å². The van der Waals surface area contributed by atoms with E-state index in [4.69, 9.17) is 0 Å². The number of likely N-dealkylation sites (N-methyl/N-ethyl adjacent to an activating group) is 2. The van der Waals surface area contributed by atoms with E-state index in [1.165, 1.54) is 44.1 Å². The van der Waals surface area contributed by atoms with Crippen LogP contribution >= 0.6 is 0 Å². The van der Waals surface area contributed by atoms with Crippen LogP contribution in [0.4, 0.5) is 4.39 Å². The first-order valence-corrected chi connectivity index (χ1v) is 8.38. The lowest BCUT2D eigenvalue weighted by Gasteiger charge is -2.37. The highest BCUT2D eigenvalue weighted by molar-refractivity contribution is 5.16. The molecule has 1 aromatic rings. The van der Waals surface area contributed by atoms with Gasteiger partial charge in [-0.2, -0.15) is 0 Å². The molecule has 2 rings (SSSR count). The standard InChI is InChI=1S/C18H29FN2/c1-3-20-17-8-6-4-5-7-9-18(17)21(2)14-15-10-12-16(19)13-11-15/h10-13,17-18,20H,3-9,14H2,1-2H3. The van der Waals surface area contributed by atoms with Crippen LogP contribution in [0.25, 0.3) is 0 Å². The highest BCUT2D eigenvalue weighted by Crippen LogP contribution is 2.22. The molecule has 2 nitrogen and oxygen atoms in total. The minimum atomic E-state index is -0.155. The molecule has 1 saturated carbocycles. The Morgan fingerprint density at radius 3 is 2.43 bits per heavy atom. The van der Waals surface area contributed by atoms with Crippen LogP contribution in [-0.2, 0) is 6.54 Å². The largest absolute Gasteiger partial charge is 0.313 e. The number of halogens is 1. The number of rotatable bonds is 5. The quantitative estimate of drug-likeness (QED) is 0.883. The van der Waals surface area contributed by atoms with Crippen molar-refractivity contribution in [3.8, 4) is 0 Å². The lowest BCUT2D eigenvalue weighted by molar-refractivity contribution is 0.157. The summed E-state index contributed by atoms with van der Waals surface area (Å²) in [5.41, 5.74) is 1.19. The molecule has 0 aliphatic heterocycles. The highest BCUT2D eigenvalue weighted by Gasteiger charge is 2.25. The van der Waals surface area contributed by atoms with Gasteiger partial charge in [0.1, 0.15) is 5.82 Å². The van der Waals surface area contributed by atoms with E-state index in [1.54, 1.807) is 12.1 Å². The summed E-state index contributed by atoms with van der Waals surface area (Å²) in [6, 6.07) is 8.08. The summed E-state index contributed by atoms with van der Waals surface area (Å²) in [5.74, 6) is -0.155. The number of hydrogen-bond donors (Lipinski definition) is 1. The minimum absolute atomic E-state index is 0.155. The molecule has 0 bridgehead atoms. The Morgan fingerprint density at radius 2 is 1.76 bits per heavy atom. The van der Waals surface area contributed by atoms with Crippen molar-refractivity contribution >= 4 is 0 Å². The Hall–Kier alpha value is -0.930. The van der Waals surface area contributed by atoms with Crippen LogP contribution in [0, 0.1) is 5.82 Å². The van der Waals surface area contributed by atoms with Gasteiger partial charge in [0.15, 0.2) is 0 Å². The molecular weight excluding hydrogens is 263 g/mol. The number of nitrogens with zero attached hydrogens (tertiary/aromatic N) is 1. The van der Waals surface area contributed by atoms with Gasteiger partial charge in [0.2, 0.25) is 0 Å². The van der Waals surface area contributed by atoms with Crippen molar-refractivity contribution in [2.24, 2.45) is 0 Å². The van der Waals surface area contributed by atoms with Gasteiger partial charge < -0.3 is 5.32 Å². The van der Waals surface area contributed by atoms with Crippen molar-refractivity contribution in [2.45, 2.75) is 64.1 Å². The van der Waals surface area contributed by atoms with Gasteiger partial charge in [-0.25, -0.2) is 4.39 Å². The van der Waals surface area contributed by atoms with E-state index in [-0.39, 0.29) is 5.82 Å². The van der Waals surface area contributed by atoms with Crippen LogP contribution in [-0.4, -0.2) is 30.6 Å². The molecule has 0 aromatic heterocycles. The fraction of sp³-hybridized carbons (Fsp3) is 0.667. The van der Waals surface area contributed by atoms with Gasteiger partial charge in [-0.05, 0) is 44.1 Å². The van der Waals surface area contributed by atoms with E-state index >= 15 is 0 Å². The van der Waals surface area contributed by atoms with Crippen LogP contribution in [0.15, 0.2) is 24.3 Å². The number of hydrogen-bond acceptors (Lipinski definition) is 2. The molecule has 3 heteroatoms. The smallest absolute Gasteiger partial charge is 0.123 e. The summed E-state index contributed by atoms with van der Waals surface area (Å²) in [5, 5.41) is 3.68. The molecule has 0 saturated heterocycles. The summed E-state index contributed by atoms with van der Waals surface area (Å²) in [6.45, 7) is 4.12. The van der Waals surface area contributed by atoms with Crippen molar-refractivity contribution in [1.82, 2.24) is 10.2 Å². The average molecular weight is 292 g/mol. The first-order chi connectivity index (χ1) is 10.2. The van der Waals surface area contributed by atoms with E-state index in [2.05, 4.69) is 24.2 Å². The summed E-state index contributed by atoms with van der Waals surface area (Å²) in [7, 11) is 2.21. The third-order valence-electron chi connectivity index (χ3n) is 4.61. The Morgan fingerprint density at radius 1 is 1.10 bits per heavy atom. The Bertz CT molecular complexity index is 404. The summed E-state index contributed by atoms with van der Waals surface area (Å²) in [4.78, 5) is 2.45. The second kappa shape index (κ2) is 8.50. The van der Waals surface area contributed by atoms with Crippen molar-refractivity contribution in [2.75, 3.05) is 13.6 Å². The van der Waals surface area contributed by atoms with Crippen LogP contribution in [0.1, 0.15) is 51.0 Å². The van der Waals surface area contributed by atoms with E-state index < -0.39 is 0 Å². The molecule has 1 N–H and O–H groups in total. The molecule has 118 valence electrons. The summed E-state index contributed by atoms with van der Waals surface area (Å²) >= 11 is 0. The molecule has 2 atom stereocenters. The second-order valence-corrected chi connectivity index (χ2v) is 6.26. The maximum atomic E-state index is 13.0. The van der Waals surface area contributed by atoms with Gasteiger partial charge in [0.25, 0.3) is 0 Å². The van der Waals surface area contributed by atoms with E-state index in [0.717, 1.165) is 13.1 Å². The predicted octanol–water partition coefficient (Wildman–Crippen LogP) is 3.96. The average Bonchev–Trinajstić information content (AvgIpc) is 2.44. The Balaban J connectivity index is 2.01. The molecule has 0 amide bonds. The number of nitrogens with one attached hydrogen (secondary N) is 1. The van der Waals surface area contributed by atoms with Crippen molar-refractivity contribution < 1.29 is 4.39 Å². The van der Waals surface area contributed by atoms with Crippen molar-refractivity contribution in [1.29, 1.82) is 0 Å². The van der Waals surface area contributed by atoms with Crippen LogP contribution in [0.2, 0.25) is 0 Å². The van der Waals surface area contributed by atoms with Crippen LogP contribution in [0.5, 0.6) is 0 Å². The first kappa shape index (κ1) is 16.4. The molecule has 0 spiro atoms. The van der Waals surface area contributed by atoms with Gasteiger partial charge in [0.05, 0.1) is 0 Å². The molecule has 2 unspecified atom stereocenters. The monoisotopic (exact) mass is 292 g/mol. The molecule has 21 heavy (non-hydrogen) atoms. The van der Waals surface area contributed by atoms with Crippen LogP contribution < -0.4 is 5.32 Å². The Labute approximate surface area is 128 Å². The molecule has 1 aliphatic rings. The SMILES string of the molecule is CCNC1CCCCCCC1N(C)Cc1ccc(F)cc1.